The Morgan fingerprint density at radius 1 is 0.614 bits per heavy atom. The molecule has 8 rings (SSSR count). The molecule has 4 heterocycles. The normalized spacial score (nSPS) is 16.0. The van der Waals surface area contributed by atoms with E-state index in [2.05, 4.69) is 63.7 Å². The summed E-state index contributed by atoms with van der Waals surface area (Å²) in [7, 11) is 1.28. The van der Waals surface area contributed by atoms with Gasteiger partial charge in [0.1, 0.15) is 5.82 Å². The van der Waals surface area contributed by atoms with Crippen LogP contribution >= 0.6 is 0 Å². The number of imidazole rings is 1. The first-order valence-electron chi connectivity index (χ1n) is 14.8. The molecule has 44 heavy (non-hydrogen) atoms. The molecule has 9 heteroatoms. The van der Waals surface area contributed by atoms with Crippen molar-refractivity contribution in [3.05, 3.63) is 97.1 Å². The molecule has 8 nitrogen and oxygen atoms in total. The van der Waals surface area contributed by atoms with Crippen molar-refractivity contribution in [3.63, 3.8) is 0 Å². The van der Waals surface area contributed by atoms with Gasteiger partial charge < -0.3 is 13.9 Å². The summed E-state index contributed by atoms with van der Waals surface area (Å²) in [5.74, 6) is 1.94. The molecule has 0 radical (unpaired) electrons. The molecular formula is C35H31BN6O2. The average Bonchev–Trinajstić information content (AvgIpc) is 3.62. The Balaban J connectivity index is 1.35. The fraction of sp³-hybridized carbons (Fsp3) is 0.200. The fourth-order valence-corrected chi connectivity index (χ4v) is 5.98. The smallest absolute Gasteiger partial charge is 0.397 e. The highest BCUT2D eigenvalue weighted by molar-refractivity contribution is 6.60. The van der Waals surface area contributed by atoms with Gasteiger partial charge in [0, 0.05) is 28.9 Å². The van der Waals surface area contributed by atoms with Crippen molar-refractivity contribution in [1.29, 1.82) is 0 Å². The summed E-state index contributed by atoms with van der Waals surface area (Å²) in [4.78, 5) is 20.0. The average molecular weight is 578 g/mol. The van der Waals surface area contributed by atoms with Gasteiger partial charge in [-0.05, 0) is 58.0 Å². The quantitative estimate of drug-likeness (QED) is 0.222. The van der Waals surface area contributed by atoms with Crippen LogP contribution in [0.1, 0.15) is 27.7 Å². The van der Waals surface area contributed by atoms with Gasteiger partial charge in [-0.1, -0.05) is 66.7 Å². The standard InChI is InChI=1S/C35H31BN6O2/c1-34(2)35(3,4)44-36(43-34)32-38-30(23-19-20-26-29(21-23)41(5)31(37-26)22-13-7-6-8-14-22)39-33(40-32)42-27-17-11-9-15-24(27)25-16-10-12-18-28(25)42/h6-21H,1-5H3. The molecule has 3 aromatic heterocycles. The summed E-state index contributed by atoms with van der Waals surface area (Å²) in [5.41, 5.74) is 5.17. The summed E-state index contributed by atoms with van der Waals surface area (Å²) in [5, 5.41) is 2.26. The Kier molecular flexibility index (Phi) is 5.82. The topological polar surface area (TPSA) is 79.9 Å². The minimum atomic E-state index is -0.751. The second kappa shape index (κ2) is 9.57. The molecule has 1 aliphatic heterocycles. The van der Waals surface area contributed by atoms with Gasteiger partial charge in [-0.25, -0.2) is 15.0 Å². The van der Waals surface area contributed by atoms with Crippen LogP contribution in [0.4, 0.5) is 0 Å². The van der Waals surface area contributed by atoms with Crippen molar-refractivity contribution < 1.29 is 9.31 Å². The minimum Gasteiger partial charge on any atom is -0.397 e. The van der Waals surface area contributed by atoms with Crippen LogP contribution in [-0.4, -0.2) is 47.4 Å². The zero-order valence-corrected chi connectivity index (χ0v) is 25.3. The van der Waals surface area contributed by atoms with Crippen LogP contribution in [0, 0.1) is 0 Å². The highest BCUT2D eigenvalue weighted by Crippen LogP contribution is 2.37. The van der Waals surface area contributed by atoms with E-state index in [1.807, 2.05) is 77.2 Å². The fourth-order valence-electron chi connectivity index (χ4n) is 5.98. The molecular weight excluding hydrogens is 547 g/mol. The zero-order chi connectivity index (χ0) is 30.2. The molecule has 216 valence electrons. The maximum absolute atomic E-state index is 6.43. The predicted molar refractivity (Wildman–Crippen MR) is 175 cm³/mol. The third kappa shape index (κ3) is 4.07. The second-order valence-corrected chi connectivity index (χ2v) is 12.3. The first-order chi connectivity index (χ1) is 21.2. The summed E-state index contributed by atoms with van der Waals surface area (Å²) in [6.07, 6.45) is 0. The van der Waals surface area contributed by atoms with Crippen molar-refractivity contribution in [2.75, 3.05) is 0 Å². The van der Waals surface area contributed by atoms with Gasteiger partial charge in [-0.15, -0.1) is 0 Å². The minimum absolute atomic E-state index is 0.431. The van der Waals surface area contributed by atoms with Crippen molar-refractivity contribution >= 4 is 45.7 Å². The first kappa shape index (κ1) is 26.7. The van der Waals surface area contributed by atoms with E-state index in [9.17, 15) is 0 Å². The highest BCUT2D eigenvalue weighted by Gasteiger charge is 2.53. The lowest BCUT2D eigenvalue weighted by molar-refractivity contribution is 0.00578. The Morgan fingerprint density at radius 2 is 1.23 bits per heavy atom. The molecule has 4 aromatic carbocycles. The maximum atomic E-state index is 6.43. The molecule has 0 aliphatic carbocycles. The molecule has 0 saturated carbocycles. The van der Waals surface area contributed by atoms with Gasteiger partial charge in [0.25, 0.3) is 0 Å². The number of aromatic nitrogens is 6. The van der Waals surface area contributed by atoms with Crippen molar-refractivity contribution in [1.82, 2.24) is 29.1 Å². The number of aryl methyl sites for hydroxylation is 1. The van der Waals surface area contributed by atoms with E-state index >= 15 is 0 Å². The second-order valence-electron chi connectivity index (χ2n) is 12.3. The van der Waals surface area contributed by atoms with E-state index in [0.717, 1.165) is 49.8 Å². The summed E-state index contributed by atoms with van der Waals surface area (Å²) < 4.78 is 17.1. The predicted octanol–water partition coefficient (Wildman–Crippen LogP) is 6.49. The summed E-state index contributed by atoms with van der Waals surface area (Å²) in [6.45, 7) is 8.13. The molecule has 0 N–H and O–H groups in total. The van der Waals surface area contributed by atoms with E-state index < -0.39 is 18.3 Å². The van der Waals surface area contributed by atoms with Crippen LogP contribution in [0.5, 0.6) is 0 Å². The Morgan fingerprint density at radius 3 is 1.89 bits per heavy atom. The third-order valence-corrected chi connectivity index (χ3v) is 9.06. The molecule has 1 aliphatic rings. The van der Waals surface area contributed by atoms with Crippen LogP contribution in [0.15, 0.2) is 97.1 Å². The number of para-hydroxylation sites is 2. The summed E-state index contributed by atoms with van der Waals surface area (Å²) >= 11 is 0. The van der Waals surface area contributed by atoms with Gasteiger partial charge >= 0.3 is 7.12 Å². The van der Waals surface area contributed by atoms with Crippen molar-refractivity contribution in [2.45, 2.75) is 38.9 Å². The lowest BCUT2D eigenvalue weighted by Gasteiger charge is -2.32. The lowest BCUT2D eigenvalue weighted by Crippen LogP contribution is -2.41. The molecule has 0 amide bonds. The Bertz CT molecular complexity index is 2150. The van der Waals surface area contributed by atoms with E-state index in [4.69, 9.17) is 29.2 Å². The number of hydrogen-bond acceptors (Lipinski definition) is 6. The number of benzene rings is 4. The van der Waals surface area contributed by atoms with E-state index in [0.29, 0.717) is 17.5 Å². The van der Waals surface area contributed by atoms with Crippen LogP contribution in [-0.2, 0) is 16.4 Å². The molecule has 1 fully saturated rings. The molecule has 0 bridgehead atoms. The van der Waals surface area contributed by atoms with Gasteiger partial charge in [-0.3, -0.25) is 4.57 Å². The number of rotatable bonds is 4. The van der Waals surface area contributed by atoms with E-state index in [1.165, 1.54) is 0 Å². The molecule has 0 spiro atoms. The van der Waals surface area contributed by atoms with Crippen LogP contribution < -0.4 is 5.72 Å². The van der Waals surface area contributed by atoms with Gasteiger partial charge in [-0.2, -0.15) is 4.98 Å². The molecule has 0 atom stereocenters. The highest BCUT2D eigenvalue weighted by atomic mass is 16.7. The Hall–Kier alpha value is -4.86. The van der Waals surface area contributed by atoms with Crippen molar-refractivity contribution in [2.24, 2.45) is 7.05 Å². The SMILES string of the molecule is Cn1c(-c2ccccc2)nc2ccc(-c3nc(B4OC(C)(C)C(C)(C)O4)nc(-n4c5ccccc5c5ccccc54)n3)cc21. The van der Waals surface area contributed by atoms with Gasteiger partial charge in [0.15, 0.2) is 11.5 Å². The third-order valence-electron chi connectivity index (χ3n) is 9.06. The van der Waals surface area contributed by atoms with Crippen molar-refractivity contribution in [3.8, 4) is 28.7 Å². The molecule has 0 unspecified atom stereocenters. The monoisotopic (exact) mass is 578 g/mol. The van der Waals surface area contributed by atoms with Gasteiger partial charge in [0.2, 0.25) is 5.95 Å². The molecule has 7 aromatic rings. The maximum Gasteiger partial charge on any atom is 0.534 e. The zero-order valence-electron chi connectivity index (χ0n) is 25.3. The number of hydrogen-bond donors (Lipinski definition) is 0. The largest absolute Gasteiger partial charge is 0.534 e. The summed E-state index contributed by atoms with van der Waals surface area (Å²) in [6, 6.07) is 33.0. The van der Waals surface area contributed by atoms with Gasteiger partial charge in [0.05, 0.1) is 33.3 Å². The van der Waals surface area contributed by atoms with Crippen LogP contribution in [0.3, 0.4) is 0 Å². The van der Waals surface area contributed by atoms with E-state index in [-0.39, 0.29) is 0 Å². The number of fused-ring (bicyclic) bond motifs is 4. The number of nitrogens with zero attached hydrogens (tertiary/aromatic N) is 6. The lowest BCUT2D eigenvalue weighted by atomic mass is 9.89. The van der Waals surface area contributed by atoms with E-state index in [1.54, 1.807) is 0 Å². The van der Waals surface area contributed by atoms with Crippen LogP contribution in [0.2, 0.25) is 0 Å². The van der Waals surface area contributed by atoms with Crippen LogP contribution in [0.25, 0.3) is 61.6 Å². The Labute approximate surface area is 255 Å². The first-order valence-corrected chi connectivity index (χ1v) is 14.8. The molecule has 1 saturated heterocycles.